The highest BCUT2D eigenvalue weighted by Gasteiger charge is 2.48. The SMILES string of the molecule is CN(C(=O)Cc1cccc2occc12)[C@H]1CC[C@@]2(CCCO2)C[C@@H]1N1CC[C@H](F)C1. The lowest BCUT2D eigenvalue weighted by atomic mass is 9.76. The first kappa shape index (κ1) is 20.0. The molecule has 162 valence electrons. The Morgan fingerprint density at radius 1 is 1.30 bits per heavy atom. The molecule has 1 aromatic heterocycles. The van der Waals surface area contributed by atoms with E-state index in [1.807, 2.05) is 36.2 Å². The van der Waals surface area contributed by atoms with Gasteiger partial charge in [-0.15, -0.1) is 0 Å². The number of carbonyl (C=O) groups excluding carboxylic acids is 1. The van der Waals surface area contributed by atoms with Crippen molar-refractivity contribution < 1.29 is 18.3 Å². The number of likely N-dealkylation sites (tertiary alicyclic amines) is 1. The number of likely N-dealkylation sites (N-methyl/N-ethyl adjacent to an activating group) is 1. The summed E-state index contributed by atoms with van der Waals surface area (Å²) in [6.45, 7) is 2.08. The van der Waals surface area contributed by atoms with Crippen LogP contribution in [0.25, 0.3) is 11.0 Å². The highest BCUT2D eigenvalue weighted by atomic mass is 19.1. The summed E-state index contributed by atoms with van der Waals surface area (Å²) >= 11 is 0. The number of ether oxygens (including phenoxy) is 1. The van der Waals surface area contributed by atoms with E-state index in [1.54, 1.807) is 6.26 Å². The quantitative estimate of drug-likeness (QED) is 0.760. The second-order valence-corrected chi connectivity index (χ2v) is 9.32. The number of fused-ring (bicyclic) bond motifs is 1. The molecule has 2 aromatic rings. The van der Waals surface area contributed by atoms with Crippen LogP contribution in [0.3, 0.4) is 0 Å². The molecular formula is C24H31FN2O3. The van der Waals surface area contributed by atoms with E-state index in [0.717, 1.165) is 61.8 Å². The molecule has 0 radical (unpaired) electrons. The van der Waals surface area contributed by atoms with Crippen LogP contribution in [0.15, 0.2) is 34.9 Å². The van der Waals surface area contributed by atoms with Crippen molar-refractivity contribution in [2.45, 2.75) is 68.8 Å². The smallest absolute Gasteiger partial charge is 0.227 e. The van der Waals surface area contributed by atoms with Gasteiger partial charge in [0.25, 0.3) is 0 Å². The van der Waals surface area contributed by atoms with Crippen LogP contribution in [-0.2, 0) is 16.0 Å². The molecule has 2 saturated heterocycles. The van der Waals surface area contributed by atoms with Gasteiger partial charge in [0.2, 0.25) is 5.91 Å². The lowest BCUT2D eigenvalue weighted by Crippen LogP contribution is -2.58. The Morgan fingerprint density at radius 3 is 2.97 bits per heavy atom. The predicted molar refractivity (Wildman–Crippen MR) is 113 cm³/mol. The van der Waals surface area contributed by atoms with Gasteiger partial charge in [0.05, 0.1) is 18.3 Å². The Balaban J connectivity index is 1.35. The van der Waals surface area contributed by atoms with Crippen LogP contribution in [0, 0.1) is 0 Å². The number of alkyl halides is 1. The first-order valence-corrected chi connectivity index (χ1v) is 11.3. The second-order valence-electron chi connectivity index (χ2n) is 9.32. The zero-order valence-corrected chi connectivity index (χ0v) is 17.7. The molecule has 0 bridgehead atoms. The van der Waals surface area contributed by atoms with Crippen molar-refractivity contribution in [1.29, 1.82) is 0 Å². The third-order valence-electron chi connectivity index (χ3n) is 7.56. The van der Waals surface area contributed by atoms with Gasteiger partial charge in [0, 0.05) is 44.2 Å². The lowest BCUT2D eigenvalue weighted by molar-refractivity contribution is -0.136. The lowest BCUT2D eigenvalue weighted by Gasteiger charge is -2.48. The first-order valence-electron chi connectivity index (χ1n) is 11.3. The van der Waals surface area contributed by atoms with Gasteiger partial charge in [-0.1, -0.05) is 12.1 Å². The van der Waals surface area contributed by atoms with E-state index in [2.05, 4.69) is 4.90 Å². The third kappa shape index (κ3) is 3.65. The maximum Gasteiger partial charge on any atom is 0.227 e. The Bertz CT molecular complexity index is 907. The molecule has 3 fully saturated rings. The van der Waals surface area contributed by atoms with Crippen molar-refractivity contribution in [2.24, 2.45) is 0 Å². The molecule has 1 spiro atoms. The molecule has 6 heteroatoms. The molecular weight excluding hydrogens is 383 g/mol. The Hall–Kier alpha value is -1.92. The second kappa shape index (κ2) is 7.97. The van der Waals surface area contributed by atoms with Gasteiger partial charge < -0.3 is 14.1 Å². The number of nitrogens with zero attached hydrogens (tertiary/aromatic N) is 2. The minimum atomic E-state index is -0.757. The van der Waals surface area contributed by atoms with Crippen molar-refractivity contribution in [3.63, 3.8) is 0 Å². The maximum absolute atomic E-state index is 14.0. The van der Waals surface area contributed by atoms with Crippen LogP contribution in [0.1, 0.15) is 44.1 Å². The predicted octanol–water partition coefficient (Wildman–Crippen LogP) is 3.95. The van der Waals surface area contributed by atoms with Crippen molar-refractivity contribution in [3.8, 4) is 0 Å². The summed E-state index contributed by atoms with van der Waals surface area (Å²) in [4.78, 5) is 17.5. The van der Waals surface area contributed by atoms with Gasteiger partial charge in [-0.05, 0) is 56.2 Å². The van der Waals surface area contributed by atoms with E-state index in [-0.39, 0.29) is 23.6 Å². The van der Waals surface area contributed by atoms with E-state index in [0.29, 0.717) is 19.4 Å². The standard InChI is InChI=1S/C24H31FN2O3/c1-26(23(28)14-17-4-2-5-22-19(17)8-13-29-22)20-6-10-24(9-3-12-30-24)15-21(20)27-11-7-18(25)16-27/h2,4-5,8,13,18,20-21H,3,6-7,9-12,14-16H2,1H3/t18-,20-,21-,24-/m0/s1. The number of furan rings is 1. The van der Waals surface area contributed by atoms with E-state index in [9.17, 15) is 9.18 Å². The molecule has 3 aliphatic rings. The number of amides is 1. The van der Waals surface area contributed by atoms with Crippen molar-refractivity contribution in [2.75, 3.05) is 26.7 Å². The zero-order valence-electron chi connectivity index (χ0n) is 17.7. The van der Waals surface area contributed by atoms with Crippen molar-refractivity contribution >= 4 is 16.9 Å². The zero-order chi connectivity index (χ0) is 20.7. The molecule has 1 aliphatic carbocycles. The van der Waals surface area contributed by atoms with Gasteiger partial charge in [0.15, 0.2) is 0 Å². The number of rotatable bonds is 4. The highest BCUT2D eigenvalue weighted by Crippen LogP contribution is 2.43. The van der Waals surface area contributed by atoms with Gasteiger partial charge in [0.1, 0.15) is 11.8 Å². The van der Waals surface area contributed by atoms with Gasteiger partial charge in [-0.2, -0.15) is 0 Å². The molecule has 2 aliphatic heterocycles. The van der Waals surface area contributed by atoms with E-state index in [1.165, 1.54) is 0 Å². The molecule has 1 amide bonds. The minimum absolute atomic E-state index is 0.0676. The molecule has 0 N–H and O–H groups in total. The average molecular weight is 415 g/mol. The topological polar surface area (TPSA) is 45.9 Å². The van der Waals surface area contributed by atoms with Crippen LogP contribution in [0.2, 0.25) is 0 Å². The summed E-state index contributed by atoms with van der Waals surface area (Å²) in [5.74, 6) is 0.109. The summed E-state index contributed by atoms with van der Waals surface area (Å²) in [6, 6.07) is 8.04. The summed E-state index contributed by atoms with van der Waals surface area (Å²) in [5, 5.41) is 0.998. The monoisotopic (exact) mass is 414 g/mol. The fourth-order valence-electron chi connectivity index (χ4n) is 5.89. The molecule has 5 nitrogen and oxygen atoms in total. The Labute approximate surface area is 177 Å². The van der Waals surface area contributed by atoms with E-state index in [4.69, 9.17) is 9.15 Å². The first-order chi connectivity index (χ1) is 14.5. The minimum Gasteiger partial charge on any atom is -0.464 e. The van der Waals surface area contributed by atoms with Gasteiger partial charge in [-0.3, -0.25) is 9.69 Å². The average Bonchev–Trinajstić information content (AvgIpc) is 3.49. The van der Waals surface area contributed by atoms with Crippen LogP contribution in [-0.4, -0.2) is 66.3 Å². The molecule has 3 heterocycles. The normalized spacial score (nSPS) is 32.3. The molecule has 1 saturated carbocycles. The molecule has 4 atom stereocenters. The number of carbonyl (C=O) groups is 1. The number of hydrogen-bond donors (Lipinski definition) is 0. The van der Waals surface area contributed by atoms with Crippen molar-refractivity contribution in [1.82, 2.24) is 9.80 Å². The van der Waals surface area contributed by atoms with Crippen LogP contribution in [0.5, 0.6) is 0 Å². The van der Waals surface area contributed by atoms with E-state index >= 15 is 0 Å². The highest BCUT2D eigenvalue weighted by molar-refractivity contribution is 5.87. The third-order valence-corrected chi connectivity index (χ3v) is 7.56. The summed E-state index contributed by atoms with van der Waals surface area (Å²) in [7, 11) is 1.92. The summed E-state index contributed by atoms with van der Waals surface area (Å²) < 4.78 is 25.7. The van der Waals surface area contributed by atoms with E-state index < -0.39 is 6.17 Å². The number of halogens is 1. The summed E-state index contributed by atoms with van der Waals surface area (Å²) in [6.07, 6.45) is 6.84. The number of benzene rings is 1. The largest absolute Gasteiger partial charge is 0.464 e. The molecule has 30 heavy (non-hydrogen) atoms. The molecule has 1 aromatic carbocycles. The van der Waals surface area contributed by atoms with Crippen molar-refractivity contribution in [3.05, 3.63) is 36.1 Å². The summed E-state index contributed by atoms with van der Waals surface area (Å²) in [5.41, 5.74) is 1.73. The van der Waals surface area contributed by atoms with Crippen LogP contribution < -0.4 is 0 Å². The Kier molecular flexibility index (Phi) is 5.31. The molecule has 5 rings (SSSR count). The molecule has 0 unspecified atom stereocenters. The van der Waals surface area contributed by atoms with Gasteiger partial charge in [-0.25, -0.2) is 4.39 Å². The fraction of sp³-hybridized carbons (Fsp3) is 0.625. The fourth-order valence-corrected chi connectivity index (χ4v) is 5.89. The van der Waals surface area contributed by atoms with Crippen LogP contribution in [0.4, 0.5) is 4.39 Å². The van der Waals surface area contributed by atoms with Crippen LogP contribution >= 0.6 is 0 Å². The maximum atomic E-state index is 14.0. The van der Waals surface area contributed by atoms with Gasteiger partial charge >= 0.3 is 0 Å². The number of hydrogen-bond acceptors (Lipinski definition) is 4. The Morgan fingerprint density at radius 2 is 2.20 bits per heavy atom.